The number of anilines is 1. The first-order chi connectivity index (χ1) is 9.45. The Labute approximate surface area is 123 Å². The Bertz CT molecular complexity index is 473. The van der Waals surface area contributed by atoms with Crippen molar-refractivity contribution in [2.75, 3.05) is 18.5 Å². The minimum atomic E-state index is -0.718. The molecule has 2 atom stereocenters. The van der Waals surface area contributed by atoms with E-state index in [-0.39, 0.29) is 12.1 Å². The molecule has 1 aliphatic rings. The lowest BCUT2D eigenvalue weighted by atomic mass is 9.90. The van der Waals surface area contributed by atoms with Crippen LogP contribution in [0.2, 0.25) is 0 Å². The topological polar surface area (TPSA) is 60.5 Å². The Morgan fingerprint density at radius 2 is 2.40 bits per heavy atom. The Morgan fingerprint density at radius 1 is 1.65 bits per heavy atom. The van der Waals surface area contributed by atoms with Crippen molar-refractivity contribution in [2.45, 2.75) is 51.7 Å². The van der Waals surface area contributed by atoms with Crippen LogP contribution in [0, 0.1) is 0 Å². The van der Waals surface area contributed by atoms with Gasteiger partial charge >= 0.3 is 5.97 Å². The van der Waals surface area contributed by atoms with E-state index in [1.807, 2.05) is 26.2 Å². The minimum Gasteiger partial charge on any atom is -0.465 e. The van der Waals surface area contributed by atoms with Crippen LogP contribution in [0.5, 0.6) is 0 Å². The first-order valence-corrected chi connectivity index (χ1v) is 7.84. The van der Waals surface area contributed by atoms with Crippen LogP contribution in [-0.2, 0) is 19.7 Å². The van der Waals surface area contributed by atoms with Gasteiger partial charge in [0.15, 0.2) is 5.13 Å². The Kier molecular flexibility index (Phi) is 4.65. The third-order valence-corrected chi connectivity index (χ3v) is 4.39. The number of carbonyl (C=O) groups is 1. The normalized spacial score (nSPS) is 22.8. The molecule has 1 aromatic rings. The van der Waals surface area contributed by atoms with Crippen molar-refractivity contribution in [3.63, 3.8) is 0 Å². The van der Waals surface area contributed by atoms with Gasteiger partial charge in [-0.15, -0.1) is 11.3 Å². The van der Waals surface area contributed by atoms with Gasteiger partial charge in [-0.3, -0.25) is 4.79 Å². The second kappa shape index (κ2) is 6.10. The van der Waals surface area contributed by atoms with Crippen molar-refractivity contribution in [1.82, 2.24) is 4.98 Å². The predicted molar refractivity (Wildman–Crippen MR) is 79.2 cm³/mol. The highest BCUT2D eigenvalue weighted by atomic mass is 32.1. The lowest BCUT2D eigenvalue weighted by Crippen LogP contribution is -2.31. The van der Waals surface area contributed by atoms with Crippen LogP contribution in [0.4, 0.5) is 5.13 Å². The summed E-state index contributed by atoms with van der Waals surface area (Å²) >= 11 is 1.52. The summed E-state index contributed by atoms with van der Waals surface area (Å²) in [7, 11) is 0. The molecule has 1 saturated heterocycles. The summed E-state index contributed by atoms with van der Waals surface area (Å²) in [4.78, 5) is 16.5. The average Bonchev–Trinajstić information content (AvgIpc) is 3.01. The maximum Gasteiger partial charge on any atom is 0.317 e. The number of ether oxygens (including phenoxy) is 2. The number of carbonyl (C=O) groups excluding carboxylic acids is 1. The van der Waals surface area contributed by atoms with E-state index >= 15 is 0 Å². The fraction of sp³-hybridized carbons (Fsp3) is 0.714. The summed E-state index contributed by atoms with van der Waals surface area (Å²) in [5.41, 5.74) is 0.0274. The molecule has 2 unspecified atom stereocenters. The van der Waals surface area contributed by atoms with E-state index in [0.29, 0.717) is 12.6 Å². The number of esters is 1. The van der Waals surface area contributed by atoms with Crippen molar-refractivity contribution in [3.05, 3.63) is 11.1 Å². The molecule has 20 heavy (non-hydrogen) atoms. The molecule has 1 fully saturated rings. The number of aromatic nitrogens is 1. The van der Waals surface area contributed by atoms with Gasteiger partial charge in [0.25, 0.3) is 0 Å². The van der Waals surface area contributed by atoms with Crippen molar-refractivity contribution in [2.24, 2.45) is 0 Å². The number of rotatable bonds is 5. The van der Waals surface area contributed by atoms with Crippen molar-refractivity contribution in [1.29, 1.82) is 0 Å². The van der Waals surface area contributed by atoms with Gasteiger partial charge in [-0.25, -0.2) is 4.98 Å². The maximum atomic E-state index is 12.0. The molecule has 6 heteroatoms. The van der Waals surface area contributed by atoms with Crippen LogP contribution in [0.3, 0.4) is 0 Å². The van der Waals surface area contributed by atoms with Crippen LogP contribution >= 0.6 is 11.3 Å². The zero-order valence-electron chi connectivity index (χ0n) is 12.4. The Balaban J connectivity index is 2.06. The van der Waals surface area contributed by atoms with Crippen molar-refractivity contribution < 1.29 is 14.3 Å². The van der Waals surface area contributed by atoms with Crippen LogP contribution in [0.1, 0.15) is 39.8 Å². The van der Waals surface area contributed by atoms with Gasteiger partial charge in [-0.1, -0.05) is 0 Å². The number of hydrogen-bond donors (Lipinski definition) is 1. The summed E-state index contributed by atoms with van der Waals surface area (Å²) in [5.74, 6) is -0.241. The van der Waals surface area contributed by atoms with Crippen LogP contribution in [0.25, 0.3) is 0 Å². The van der Waals surface area contributed by atoms with Gasteiger partial charge in [0.05, 0.1) is 24.4 Å². The van der Waals surface area contributed by atoms with Gasteiger partial charge in [0, 0.05) is 12.0 Å². The van der Waals surface area contributed by atoms with E-state index in [1.54, 1.807) is 0 Å². The van der Waals surface area contributed by atoms with E-state index in [2.05, 4.69) is 17.2 Å². The van der Waals surface area contributed by atoms with E-state index < -0.39 is 5.41 Å². The van der Waals surface area contributed by atoms with Gasteiger partial charge in [0.1, 0.15) is 5.41 Å². The molecule has 1 aliphatic heterocycles. The molecule has 5 nitrogen and oxygen atoms in total. The van der Waals surface area contributed by atoms with E-state index in [9.17, 15) is 4.79 Å². The summed E-state index contributed by atoms with van der Waals surface area (Å²) in [6.45, 7) is 8.71. The third kappa shape index (κ3) is 3.12. The molecule has 0 radical (unpaired) electrons. The van der Waals surface area contributed by atoms with E-state index in [0.717, 1.165) is 23.9 Å². The number of nitrogens with one attached hydrogen (secondary N) is 1. The monoisotopic (exact) mass is 298 g/mol. The SMILES string of the molecule is CCOC(=O)C(C)(C)c1csc(NC2CCOC2C)n1. The van der Waals surface area contributed by atoms with Gasteiger partial charge in [-0.05, 0) is 34.1 Å². The summed E-state index contributed by atoms with van der Waals surface area (Å²) in [6.07, 6.45) is 1.18. The molecule has 0 aromatic carbocycles. The summed E-state index contributed by atoms with van der Waals surface area (Å²) in [6, 6.07) is 0.291. The molecule has 0 aliphatic carbocycles. The fourth-order valence-corrected chi connectivity index (χ4v) is 3.06. The molecule has 0 spiro atoms. The molecular weight excluding hydrogens is 276 g/mol. The van der Waals surface area contributed by atoms with Gasteiger partial charge < -0.3 is 14.8 Å². The second-order valence-electron chi connectivity index (χ2n) is 5.50. The van der Waals surface area contributed by atoms with Gasteiger partial charge in [-0.2, -0.15) is 0 Å². The highest BCUT2D eigenvalue weighted by molar-refractivity contribution is 7.13. The molecule has 112 valence electrons. The van der Waals surface area contributed by atoms with Crippen LogP contribution in [0.15, 0.2) is 5.38 Å². The maximum absolute atomic E-state index is 12.0. The molecule has 1 aromatic heterocycles. The predicted octanol–water partition coefficient (Wildman–Crippen LogP) is 2.57. The lowest BCUT2D eigenvalue weighted by molar-refractivity contribution is -0.148. The largest absolute Gasteiger partial charge is 0.465 e. The first-order valence-electron chi connectivity index (χ1n) is 6.96. The zero-order valence-corrected chi connectivity index (χ0v) is 13.3. The van der Waals surface area contributed by atoms with Crippen molar-refractivity contribution >= 4 is 22.4 Å². The standard InChI is InChI=1S/C14H22N2O3S/c1-5-18-12(17)14(3,4)11-8-20-13(16-11)15-10-6-7-19-9(10)2/h8-10H,5-7H2,1-4H3,(H,15,16). The smallest absolute Gasteiger partial charge is 0.317 e. The molecule has 0 bridgehead atoms. The number of thiazole rings is 1. The highest BCUT2D eigenvalue weighted by Gasteiger charge is 2.34. The van der Waals surface area contributed by atoms with Crippen molar-refractivity contribution in [3.8, 4) is 0 Å². The molecule has 2 rings (SSSR count). The molecular formula is C14H22N2O3S. The average molecular weight is 298 g/mol. The lowest BCUT2D eigenvalue weighted by Gasteiger charge is -2.20. The van der Waals surface area contributed by atoms with E-state index in [1.165, 1.54) is 11.3 Å². The third-order valence-electron chi connectivity index (χ3n) is 3.62. The Hall–Kier alpha value is -1.14. The minimum absolute atomic E-state index is 0.195. The van der Waals surface area contributed by atoms with Crippen LogP contribution in [-0.4, -0.2) is 36.3 Å². The molecule has 0 amide bonds. The first kappa shape index (κ1) is 15.3. The van der Waals surface area contributed by atoms with E-state index in [4.69, 9.17) is 9.47 Å². The van der Waals surface area contributed by atoms with Crippen LogP contribution < -0.4 is 5.32 Å². The highest BCUT2D eigenvalue weighted by Crippen LogP contribution is 2.29. The molecule has 0 saturated carbocycles. The second-order valence-corrected chi connectivity index (χ2v) is 6.36. The summed E-state index contributed by atoms with van der Waals surface area (Å²) < 4.78 is 10.6. The van der Waals surface area contributed by atoms with Gasteiger partial charge in [0.2, 0.25) is 0 Å². The summed E-state index contributed by atoms with van der Waals surface area (Å²) in [5, 5.41) is 6.13. The molecule has 1 N–H and O–H groups in total. The quantitative estimate of drug-likeness (QED) is 0.847. The number of hydrogen-bond acceptors (Lipinski definition) is 6. The molecule has 2 heterocycles. The zero-order chi connectivity index (χ0) is 14.8. The Morgan fingerprint density at radius 3 is 3.00 bits per heavy atom. The fourth-order valence-electron chi connectivity index (χ4n) is 2.12. The number of nitrogens with zero attached hydrogens (tertiary/aromatic N) is 1.